The Morgan fingerprint density at radius 1 is 1.17 bits per heavy atom. The topological polar surface area (TPSA) is 116 Å². The van der Waals surface area contributed by atoms with Gasteiger partial charge in [0.1, 0.15) is 5.75 Å². The number of nitrogens with one attached hydrogen (secondary N) is 1. The molecule has 1 amide bonds. The minimum absolute atomic E-state index is 0. The van der Waals surface area contributed by atoms with Crippen LogP contribution in [0.25, 0.3) is 16.9 Å². The highest BCUT2D eigenvalue weighted by molar-refractivity contribution is 7.87. The van der Waals surface area contributed by atoms with E-state index in [0.29, 0.717) is 34.0 Å². The highest BCUT2D eigenvalue weighted by atomic mass is 35.5. The monoisotopic (exact) mass is 654 g/mol. The summed E-state index contributed by atoms with van der Waals surface area (Å²) in [7, 11) is -4.47. The number of benzene rings is 2. The molecule has 8 nitrogen and oxygen atoms in total. The van der Waals surface area contributed by atoms with Gasteiger partial charge in [0.2, 0.25) is 0 Å². The van der Waals surface area contributed by atoms with E-state index in [9.17, 15) is 26.4 Å². The van der Waals surface area contributed by atoms with Crippen LogP contribution in [0.1, 0.15) is 48.2 Å². The second kappa shape index (κ2) is 13.2. The fraction of sp³-hybridized carbons (Fsp3) is 0.385. The molecule has 224 valence electrons. The Labute approximate surface area is 251 Å². The summed E-state index contributed by atoms with van der Waals surface area (Å²) < 4.78 is 67.7. The minimum Gasteiger partial charge on any atom is -0.382 e. The second-order valence-corrected chi connectivity index (χ2v) is 12.2. The lowest BCUT2D eigenvalue weighted by atomic mass is 9.91. The van der Waals surface area contributed by atoms with Gasteiger partial charge in [0.05, 0.1) is 28.6 Å². The number of carbonyl (C=O) groups excluding carboxylic acids is 1. The number of hydrogen-bond donors (Lipinski definition) is 2. The number of carbonyl (C=O) groups is 1. The second-order valence-electron chi connectivity index (χ2n) is 9.66. The van der Waals surface area contributed by atoms with Gasteiger partial charge in [-0.15, -0.1) is 12.4 Å². The lowest BCUT2D eigenvalue weighted by Gasteiger charge is -2.27. The Bertz CT molecular complexity index is 1500. The molecule has 0 saturated heterocycles. The molecule has 1 heterocycles. The number of hydrogen-bond acceptors (Lipinski definition) is 6. The number of aromatic nitrogens is 2. The molecule has 41 heavy (non-hydrogen) atoms. The molecule has 3 N–H and O–H groups in total. The van der Waals surface area contributed by atoms with E-state index in [4.69, 9.17) is 33.1 Å². The Kier molecular flexibility index (Phi) is 10.6. The molecule has 1 aromatic heterocycles. The van der Waals surface area contributed by atoms with Gasteiger partial charge in [0.25, 0.3) is 5.91 Å². The van der Waals surface area contributed by atoms with E-state index in [2.05, 4.69) is 10.4 Å². The number of rotatable bonds is 8. The lowest BCUT2D eigenvalue weighted by Crippen LogP contribution is -2.42. The Morgan fingerprint density at radius 3 is 2.46 bits per heavy atom. The molecule has 15 heteroatoms. The van der Waals surface area contributed by atoms with Crippen molar-refractivity contribution in [2.75, 3.05) is 5.75 Å². The standard InChI is InChI=1S/C26H27Cl2F3N4O4S.ClH/c1-15-23(25(36)33-19-4-2-3-18(32)14-19)34-35(22-10-7-17(27)13-21(22)28)24(15)16-5-8-20(9-6-16)39-40(37,38)12-11-26(29,30)31;/h5-10,13,18-19H,2-4,11-12,14,32H2,1H3,(H,33,36);1H/t18-,19-;/m0./s1. The van der Waals surface area contributed by atoms with E-state index in [0.717, 1.165) is 19.3 Å². The smallest absolute Gasteiger partial charge is 0.382 e. The summed E-state index contributed by atoms with van der Waals surface area (Å²) in [6.07, 6.45) is -2.87. The molecule has 1 saturated carbocycles. The van der Waals surface area contributed by atoms with Crippen LogP contribution in [0.15, 0.2) is 42.5 Å². The molecule has 0 spiro atoms. The van der Waals surface area contributed by atoms with Crippen LogP contribution in [0.3, 0.4) is 0 Å². The predicted octanol–water partition coefficient (Wildman–Crippen LogP) is 6.24. The number of alkyl halides is 3. The fourth-order valence-corrected chi connectivity index (χ4v) is 6.05. The van der Waals surface area contributed by atoms with Crippen LogP contribution >= 0.6 is 35.6 Å². The fourth-order valence-electron chi connectivity index (χ4n) is 4.59. The molecular formula is C26H28Cl3F3N4O4S. The third kappa shape index (κ3) is 8.51. The molecule has 2 aromatic carbocycles. The highest BCUT2D eigenvalue weighted by Gasteiger charge is 2.31. The number of halogens is 6. The molecule has 0 unspecified atom stereocenters. The van der Waals surface area contributed by atoms with Gasteiger partial charge in [-0.05, 0) is 75.1 Å². The third-order valence-corrected chi connectivity index (χ3v) is 8.20. The zero-order valence-corrected chi connectivity index (χ0v) is 24.9. The molecule has 4 rings (SSSR count). The number of amides is 1. The van der Waals surface area contributed by atoms with E-state index in [1.54, 1.807) is 19.1 Å². The summed E-state index contributed by atoms with van der Waals surface area (Å²) in [6, 6.07) is 10.4. The largest absolute Gasteiger partial charge is 0.390 e. The van der Waals surface area contributed by atoms with Crippen molar-refractivity contribution < 1.29 is 30.6 Å². The molecule has 0 bridgehead atoms. The normalized spacial score (nSPS) is 17.5. The first-order valence-corrected chi connectivity index (χ1v) is 14.8. The van der Waals surface area contributed by atoms with Crippen molar-refractivity contribution in [3.63, 3.8) is 0 Å². The summed E-state index contributed by atoms with van der Waals surface area (Å²) in [4.78, 5) is 13.3. The lowest BCUT2D eigenvalue weighted by molar-refractivity contribution is -0.130. The third-order valence-electron chi connectivity index (χ3n) is 6.51. The number of nitrogens with zero attached hydrogens (tertiary/aromatic N) is 2. The Morgan fingerprint density at radius 2 is 1.85 bits per heavy atom. The van der Waals surface area contributed by atoms with Crippen LogP contribution in [-0.4, -0.2) is 48.1 Å². The summed E-state index contributed by atoms with van der Waals surface area (Å²) in [5, 5.41) is 8.27. The van der Waals surface area contributed by atoms with Crippen molar-refractivity contribution in [3.05, 3.63) is 63.8 Å². The highest BCUT2D eigenvalue weighted by Crippen LogP contribution is 2.34. The first-order valence-electron chi connectivity index (χ1n) is 12.4. The maximum atomic E-state index is 13.3. The molecule has 2 atom stereocenters. The van der Waals surface area contributed by atoms with Crippen molar-refractivity contribution in [2.45, 2.75) is 57.3 Å². The molecule has 0 radical (unpaired) electrons. The van der Waals surface area contributed by atoms with Crippen molar-refractivity contribution in [2.24, 2.45) is 5.73 Å². The van der Waals surface area contributed by atoms with Crippen molar-refractivity contribution >= 4 is 51.6 Å². The maximum absolute atomic E-state index is 13.3. The van der Waals surface area contributed by atoms with Gasteiger partial charge in [-0.3, -0.25) is 4.79 Å². The first kappa shape index (κ1) is 33.0. The Balaban J connectivity index is 0.00000462. The van der Waals surface area contributed by atoms with Crippen molar-refractivity contribution in [1.82, 2.24) is 15.1 Å². The van der Waals surface area contributed by atoms with Gasteiger partial charge in [0.15, 0.2) is 5.69 Å². The first-order chi connectivity index (χ1) is 18.7. The average molecular weight is 656 g/mol. The molecule has 3 aromatic rings. The summed E-state index contributed by atoms with van der Waals surface area (Å²) in [6.45, 7) is 1.72. The van der Waals surface area contributed by atoms with E-state index < -0.39 is 28.5 Å². The quantitative estimate of drug-likeness (QED) is 0.278. The van der Waals surface area contributed by atoms with E-state index >= 15 is 0 Å². The molecule has 0 aliphatic heterocycles. The van der Waals surface area contributed by atoms with Crippen LogP contribution in [0.4, 0.5) is 13.2 Å². The van der Waals surface area contributed by atoms with Crippen LogP contribution in [0.5, 0.6) is 5.75 Å². The van der Waals surface area contributed by atoms with Gasteiger partial charge in [-0.1, -0.05) is 23.2 Å². The zero-order chi connectivity index (χ0) is 29.2. The average Bonchev–Trinajstić information content (AvgIpc) is 3.19. The van der Waals surface area contributed by atoms with Crippen LogP contribution in [0.2, 0.25) is 10.0 Å². The van der Waals surface area contributed by atoms with Crippen molar-refractivity contribution in [1.29, 1.82) is 0 Å². The number of nitrogens with two attached hydrogens (primary N) is 1. The van der Waals surface area contributed by atoms with Gasteiger partial charge >= 0.3 is 16.3 Å². The minimum atomic E-state index is -4.63. The van der Waals surface area contributed by atoms with Gasteiger partial charge < -0.3 is 15.2 Å². The van der Waals surface area contributed by atoms with Crippen LogP contribution < -0.4 is 15.2 Å². The summed E-state index contributed by atoms with van der Waals surface area (Å²) in [5.41, 5.74) is 8.21. The van der Waals surface area contributed by atoms with E-state index in [1.807, 2.05) is 0 Å². The molecule has 1 aliphatic carbocycles. The Hall–Kier alpha value is -2.51. The molecular weight excluding hydrogens is 628 g/mol. The van der Waals surface area contributed by atoms with Crippen molar-refractivity contribution in [3.8, 4) is 22.7 Å². The maximum Gasteiger partial charge on any atom is 0.390 e. The summed E-state index contributed by atoms with van der Waals surface area (Å²) >= 11 is 12.5. The van der Waals surface area contributed by atoms with Gasteiger partial charge in [-0.25, -0.2) is 4.68 Å². The predicted molar refractivity (Wildman–Crippen MR) is 154 cm³/mol. The van der Waals surface area contributed by atoms with Crippen LogP contribution in [0, 0.1) is 6.92 Å². The van der Waals surface area contributed by atoms with Gasteiger partial charge in [0, 0.05) is 28.2 Å². The zero-order valence-electron chi connectivity index (χ0n) is 21.7. The SMILES string of the molecule is Cc1c(C(=O)N[C@H]2CCC[C@H](N)C2)nn(-c2ccc(Cl)cc2Cl)c1-c1ccc(OS(=O)(=O)CCC(F)(F)F)cc1.Cl. The van der Waals surface area contributed by atoms with Gasteiger partial charge in [-0.2, -0.15) is 26.7 Å². The molecule has 1 aliphatic rings. The van der Waals surface area contributed by atoms with E-state index in [-0.39, 0.29) is 46.9 Å². The van der Waals surface area contributed by atoms with E-state index in [1.165, 1.54) is 35.0 Å². The summed E-state index contributed by atoms with van der Waals surface area (Å²) in [5.74, 6) is -1.74. The van der Waals surface area contributed by atoms with Crippen LogP contribution in [-0.2, 0) is 10.1 Å². The molecule has 1 fully saturated rings.